The first kappa shape index (κ1) is 19.8. The van der Waals surface area contributed by atoms with Gasteiger partial charge in [0.2, 0.25) is 0 Å². The highest BCUT2D eigenvalue weighted by atomic mass is 16.5. The minimum atomic E-state index is -0.773. The van der Waals surface area contributed by atoms with E-state index in [0.29, 0.717) is 5.92 Å². The van der Waals surface area contributed by atoms with Gasteiger partial charge in [0.25, 0.3) is 0 Å². The molecule has 1 unspecified atom stereocenters. The van der Waals surface area contributed by atoms with Gasteiger partial charge in [0, 0.05) is 17.0 Å². The summed E-state index contributed by atoms with van der Waals surface area (Å²) in [6, 6.07) is 2.17. The van der Waals surface area contributed by atoms with Gasteiger partial charge >= 0.3 is 5.97 Å². The van der Waals surface area contributed by atoms with Crippen LogP contribution in [0.1, 0.15) is 82.9 Å². The molecule has 1 aromatic rings. The molecule has 27 heavy (non-hydrogen) atoms. The van der Waals surface area contributed by atoms with Crippen molar-refractivity contribution >= 4 is 12.0 Å². The lowest BCUT2D eigenvalue weighted by molar-refractivity contribution is -0.137. The summed E-state index contributed by atoms with van der Waals surface area (Å²) < 4.78 is 12.7. The summed E-state index contributed by atoms with van der Waals surface area (Å²) in [5.41, 5.74) is 2.77. The Kier molecular flexibility index (Phi) is 5.55. The fraction of sp³-hybridized carbons (Fsp3) is 0.609. The zero-order chi connectivity index (χ0) is 19.8. The van der Waals surface area contributed by atoms with Crippen LogP contribution in [-0.4, -0.2) is 22.8 Å². The number of fused-ring (bicyclic) bond motifs is 2. The molecule has 0 radical (unpaired) electrons. The molecule has 0 aromatic heterocycles. The van der Waals surface area contributed by atoms with Crippen LogP contribution in [-0.2, 0) is 11.2 Å². The van der Waals surface area contributed by atoms with Crippen LogP contribution in [0.15, 0.2) is 12.1 Å². The Balaban J connectivity index is 2.18. The number of rotatable bonds is 6. The lowest BCUT2D eigenvalue weighted by atomic mass is 9.82. The van der Waals surface area contributed by atoms with Crippen LogP contribution in [0.3, 0.4) is 0 Å². The third-order valence-corrected chi connectivity index (χ3v) is 5.78. The van der Waals surface area contributed by atoms with Crippen LogP contribution in [0, 0.1) is 5.92 Å². The molecule has 0 bridgehead atoms. The maximum absolute atomic E-state index is 11.6. The average Bonchev–Trinajstić information content (AvgIpc) is 2.58. The summed E-state index contributed by atoms with van der Waals surface area (Å²) in [4.78, 5) is 11.6. The maximum atomic E-state index is 11.6. The monoisotopic (exact) mass is 372 g/mol. The van der Waals surface area contributed by atoms with Crippen molar-refractivity contribution in [3.05, 3.63) is 28.8 Å². The molecule has 3 atom stereocenters. The van der Waals surface area contributed by atoms with E-state index in [1.54, 1.807) is 0 Å². The summed E-state index contributed by atoms with van der Waals surface area (Å²) in [6.45, 7) is 10.5. The SMILES string of the molecule is CCCCC(CC(=O)O)c1c2c(cc3c1O[C@H](C)[C@H](C)C3)C=CC(C)(C)O2. The number of carboxylic acids is 1. The minimum absolute atomic E-state index is 0.101. The zero-order valence-corrected chi connectivity index (χ0v) is 17.2. The third kappa shape index (κ3) is 4.15. The number of unbranched alkanes of at least 4 members (excludes halogenated alkanes) is 1. The molecule has 2 heterocycles. The van der Waals surface area contributed by atoms with E-state index in [0.717, 1.165) is 48.3 Å². The number of carboxylic acid groups (broad SMARTS) is 1. The number of ether oxygens (including phenoxy) is 2. The van der Waals surface area contributed by atoms with Crippen molar-refractivity contribution in [2.24, 2.45) is 5.92 Å². The minimum Gasteiger partial charge on any atom is -0.490 e. The summed E-state index contributed by atoms with van der Waals surface area (Å²) in [5, 5.41) is 9.55. The van der Waals surface area contributed by atoms with E-state index < -0.39 is 11.6 Å². The number of benzene rings is 1. The van der Waals surface area contributed by atoms with Crippen molar-refractivity contribution in [1.29, 1.82) is 0 Å². The normalized spacial score (nSPS) is 23.6. The van der Waals surface area contributed by atoms with Gasteiger partial charge in [-0.25, -0.2) is 0 Å². The first-order chi connectivity index (χ1) is 12.7. The molecule has 0 aliphatic carbocycles. The van der Waals surface area contributed by atoms with Gasteiger partial charge in [-0.3, -0.25) is 4.79 Å². The van der Waals surface area contributed by atoms with Gasteiger partial charge in [0.1, 0.15) is 17.1 Å². The Morgan fingerprint density at radius 1 is 1.33 bits per heavy atom. The Bertz CT molecular complexity index is 747. The van der Waals surface area contributed by atoms with Crippen LogP contribution in [0.4, 0.5) is 0 Å². The number of hydrogen-bond donors (Lipinski definition) is 1. The highest BCUT2D eigenvalue weighted by Gasteiger charge is 2.35. The number of hydrogen-bond acceptors (Lipinski definition) is 3. The standard InChI is InChI=1S/C23H32O4/c1-6-7-8-16(13-19(24)25)20-21-18(11-14(2)15(3)26-21)12-17-9-10-23(4,5)27-22(17)20/h9-10,12,14-16H,6-8,11,13H2,1-5H3,(H,24,25)/t14-,15-,16?/m1/s1. The molecule has 0 fully saturated rings. The van der Waals surface area contributed by atoms with Crippen LogP contribution in [0.25, 0.3) is 6.08 Å². The highest BCUT2D eigenvalue weighted by Crippen LogP contribution is 2.49. The second kappa shape index (κ2) is 7.57. The lowest BCUT2D eigenvalue weighted by Crippen LogP contribution is -2.32. The molecular formula is C23H32O4. The topological polar surface area (TPSA) is 55.8 Å². The zero-order valence-electron chi connectivity index (χ0n) is 17.2. The first-order valence-electron chi connectivity index (χ1n) is 10.2. The molecule has 3 rings (SSSR count). The van der Waals surface area contributed by atoms with E-state index >= 15 is 0 Å². The number of carbonyl (C=O) groups is 1. The average molecular weight is 373 g/mol. The number of aliphatic carboxylic acids is 1. The van der Waals surface area contributed by atoms with Crippen molar-refractivity contribution in [3.63, 3.8) is 0 Å². The van der Waals surface area contributed by atoms with Gasteiger partial charge in [0.05, 0.1) is 12.5 Å². The lowest BCUT2D eigenvalue weighted by Gasteiger charge is -2.37. The Morgan fingerprint density at radius 2 is 2.07 bits per heavy atom. The summed E-state index contributed by atoms with van der Waals surface area (Å²) in [6.07, 6.45) is 8.19. The van der Waals surface area contributed by atoms with E-state index in [1.807, 2.05) is 13.8 Å². The smallest absolute Gasteiger partial charge is 0.303 e. The van der Waals surface area contributed by atoms with E-state index in [4.69, 9.17) is 9.47 Å². The van der Waals surface area contributed by atoms with Gasteiger partial charge in [-0.1, -0.05) is 32.8 Å². The van der Waals surface area contributed by atoms with Gasteiger partial charge in [-0.05, 0) is 57.2 Å². The third-order valence-electron chi connectivity index (χ3n) is 5.78. The molecular weight excluding hydrogens is 340 g/mol. The van der Waals surface area contributed by atoms with E-state index in [1.165, 1.54) is 5.56 Å². The summed E-state index contributed by atoms with van der Waals surface area (Å²) in [7, 11) is 0. The molecule has 0 amide bonds. The molecule has 0 spiro atoms. The highest BCUT2D eigenvalue weighted by molar-refractivity contribution is 5.72. The van der Waals surface area contributed by atoms with Gasteiger partial charge in [0.15, 0.2) is 0 Å². The molecule has 2 aliphatic rings. The van der Waals surface area contributed by atoms with Gasteiger partial charge in [-0.15, -0.1) is 0 Å². The second-order valence-electron chi connectivity index (χ2n) is 8.68. The Labute approximate surface area is 162 Å². The quantitative estimate of drug-likeness (QED) is 0.708. The fourth-order valence-corrected chi connectivity index (χ4v) is 4.06. The largest absolute Gasteiger partial charge is 0.490 e. The molecule has 148 valence electrons. The van der Waals surface area contributed by atoms with Gasteiger partial charge in [-0.2, -0.15) is 0 Å². The Morgan fingerprint density at radius 3 is 2.74 bits per heavy atom. The van der Waals surface area contributed by atoms with Crippen molar-refractivity contribution in [3.8, 4) is 11.5 Å². The van der Waals surface area contributed by atoms with Crippen LogP contribution >= 0.6 is 0 Å². The van der Waals surface area contributed by atoms with E-state index in [2.05, 4.69) is 39.0 Å². The molecule has 4 nitrogen and oxygen atoms in total. The molecule has 1 N–H and O–H groups in total. The Hall–Kier alpha value is -1.97. The van der Waals surface area contributed by atoms with Crippen molar-refractivity contribution in [2.75, 3.05) is 0 Å². The predicted octanol–water partition coefficient (Wildman–Crippen LogP) is 5.58. The van der Waals surface area contributed by atoms with Gasteiger partial charge < -0.3 is 14.6 Å². The molecule has 0 saturated heterocycles. The van der Waals surface area contributed by atoms with Crippen LogP contribution in [0.2, 0.25) is 0 Å². The van der Waals surface area contributed by atoms with Crippen molar-refractivity contribution in [2.45, 2.75) is 84.3 Å². The first-order valence-corrected chi connectivity index (χ1v) is 10.2. The predicted molar refractivity (Wildman–Crippen MR) is 108 cm³/mol. The van der Waals surface area contributed by atoms with Crippen LogP contribution in [0.5, 0.6) is 11.5 Å². The molecule has 1 aromatic carbocycles. The second-order valence-corrected chi connectivity index (χ2v) is 8.68. The van der Waals surface area contributed by atoms with E-state index in [9.17, 15) is 9.90 Å². The maximum Gasteiger partial charge on any atom is 0.303 e. The summed E-state index contributed by atoms with van der Waals surface area (Å²) in [5.74, 6) is 1.24. The molecule has 4 heteroatoms. The fourth-order valence-electron chi connectivity index (χ4n) is 4.06. The van der Waals surface area contributed by atoms with Crippen LogP contribution < -0.4 is 9.47 Å². The summed E-state index contributed by atoms with van der Waals surface area (Å²) >= 11 is 0. The molecule has 0 saturated carbocycles. The van der Waals surface area contributed by atoms with E-state index in [-0.39, 0.29) is 18.4 Å². The van der Waals surface area contributed by atoms with Crippen molar-refractivity contribution in [1.82, 2.24) is 0 Å². The van der Waals surface area contributed by atoms with Crippen molar-refractivity contribution < 1.29 is 19.4 Å². The molecule has 2 aliphatic heterocycles.